The highest BCUT2D eigenvalue weighted by Gasteiger charge is 2.27. The maximum atomic E-state index is 13.1. The molecule has 0 bridgehead atoms. The number of ether oxygens (including phenoxy) is 1. The average Bonchev–Trinajstić information content (AvgIpc) is 3.14. The molecule has 1 aliphatic rings. The maximum Gasteiger partial charge on any atom is 0.223 e. The Morgan fingerprint density at radius 2 is 2.12 bits per heavy atom. The van der Waals surface area contributed by atoms with Crippen molar-refractivity contribution in [2.24, 2.45) is 7.05 Å². The normalized spacial score (nSPS) is 15.9. The molecule has 1 aromatic heterocycles. The predicted molar refractivity (Wildman–Crippen MR) is 102 cm³/mol. The van der Waals surface area contributed by atoms with Crippen molar-refractivity contribution in [2.45, 2.75) is 45.6 Å². The molecule has 0 spiro atoms. The zero-order valence-corrected chi connectivity index (χ0v) is 16.3. The van der Waals surface area contributed by atoms with Crippen LogP contribution < -0.4 is 0 Å². The number of amides is 1. The number of carbonyl (C=O) groups excluding carboxylic acids is 1. The third-order valence-electron chi connectivity index (χ3n) is 5.60. The SMILES string of the molecule is COCCN(Cc1c(C)nn(C)c1C)C(=O)C[C@H]1CCc2ccccc21. The second-order valence-corrected chi connectivity index (χ2v) is 7.22. The van der Waals surface area contributed by atoms with Gasteiger partial charge in [-0.25, -0.2) is 0 Å². The maximum absolute atomic E-state index is 13.1. The highest BCUT2D eigenvalue weighted by atomic mass is 16.5. The van der Waals surface area contributed by atoms with Crippen molar-refractivity contribution in [1.29, 1.82) is 0 Å². The Labute approximate surface area is 156 Å². The lowest BCUT2D eigenvalue weighted by Gasteiger charge is -2.24. The van der Waals surface area contributed by atoms with Gasteiger partial charge in [0, 0.05) is 44.9 Å². The first-order chi connectivity index (χ1) is 12.5. The molecule has 1 aliphatic carbocycles. The van der Waals surface area contributed by atoms with Crippen molar-refractivity contribution in [3.63, 3.8) is 0 Å². The van der Waals surface area contributed by atoms with Crippen LogP contribution >= 0.6 is 0 Å². The summed E-state index contributed by atoms with van der Waals surface area (Å²) in [6.45, 7) is 5.82. The van der Waals surface area contributed by atoms with E-state index in [9.17, 15) is 4.79 Å². The van der Waals surface area contributed by atoms with Crippen molar-refractivity contribution in [3.8, 4) is 0 Å². The molecule has 0 N–H and O–H groups in total. The zero-order valence-electron chi connectivity index (χ0n) is 16.3. The van der Waals surface area contributed by atoms with Crippen LogP contribution in [0.15, 0.2) is 24.3 Å². The van der Waals surface area contributed by atoms with Crippen LogP contribution in [0, 0.1) is 13.8 Å². The fraction of sp³-hybridized carbons (Fsp3) is 0.524. The Morgan fingerprint density at radius 1 is 1.35 bits per heavy atom. The molecule has 1 heterocycles. The molecule has 5 nitrogen and oxygen atoms in total. The Bertz CT molecular complexity index is 782. The van der Waals surface area contributed by atoms with Gasteiger partial charge in [-0.3, -0.25) is 9.48 Å². The molecular weight excluding hydrogens is 326 g/mol. The molecule has 1 amide bonds. The average molecular weight is 355 g/mol. The molecule has 1 atom stereocenters. The van der Waals surface area contributed by atoms with Gasteiger partial charge in [-0.05, 0) is 43.7 Å². The number of benzene rings is 1. The lowest BCUT2D eigenvalue weighted by molar-refractivity contribution is -0.132. The van der Waals surface area contributed by atoms with E-state index in [0.717, 1.165) is 29.8 Å². The molecule has 0 unspecified atom stereocenters. The number of methoxy groups -OCH3 is 1. The molecule has 3 rings (SSSR count). The van der Waals surface area contributed by atoms with E-state index in [-0.39, 0.29) is 5.91 Å². The Kier molecular flexibility index (Phi) is 5.77. The summed E-state index contributed by atoms with van der Waals surface area (Å²) >= 11 is 0. The van der Waals surface area contributed by atoms with Gasteiger partial charge in [-0.2, -0.15) is 5.10 Å². The third-order valence-corrected chi connectivity index (χ3v) is 5.60. The second-order valence-electron chi connectivity index (χ2n) is 7.22. The molecule has 0 fully saturated rings. The van der Waals surface area contributed by atoms with Gasteiger partial charge in [0.25, 0.3) is 0 Å². The third kappa shape index (κ3) is 3.83. The van der Waals surface area contributed by atoms with Crippen LogP contribution in [0.4, 0.5) is 0 Å². The van der Waals surface area contributed by atoms with E-state index in [1.54, 1.807) is 7.11 Å². The van der Waals surface area contributed by atoms with E-state index in [1.165, 1.54) is 11.1 Å². The van der Waals surface area contributed by atoms with E-state index in [0.29, 0.717) is 32.0 Å². The van der Waals surface area contributed by atoms with Gasteiger partial charge in [0.05, 0.1) is 12.3 Å². The number of rotatable bonds is 7. The summed E-state index contributed by atoms with van der Waals surface area (Å²) in [4.78, 5) is 15.0. The molecule has 0 radical (unpaired) electrons. The summed E-state index contributed by atoms with van der Waals surface area (Å²) in [7, 11) is 3.62. The molecule has 2 aromatic rings. The molecule has 0 saturated heterocycles. The fourth-order valence-corrected chi connectivity index (χ4v) is 3.93. The van der Waals surface area contributed by atoms with E-state index >= 15 is 0 Å². The van der Waals surface area contributed by atoms with E-state index < -0.39 is 0 Å². The van der Waals surface area contributed by atoms with E-state index in [1.807, 2.05) is 23.6 Å². The number of aryl methyl sites for hydroxylation is 3. The number of carbonyl (C=O) groups is 1. The van der Waals surface area contributed by atoms with Crippen molar-refractivity contribution in [3.05, 3.63) is 52.3 Å². The van der Waals surface area contributed by atoms with Crippen LogP contribution in [-0.2, 0) is 29.5 Å². The van der Waals surface area contributed by atoms with Gasteiger partial charge < -0.3 is 9.64 Å². The summed E-state index contributed by atoms with van der Waals surface area (Å²) in [5.74, 6) is 0.534. The van der Waals surface area contributed by atoms with E-state index in [2.05, 4.69) is 36.3 Å². The lowest BCUT2D eigenvalue weighted by Crippen LogP contribution is -2.34. The van der Waals surface area contributed by atoms with Crippen molar-refractivity contribution in [2.75, 3.05) is 20.3 Å². The van der Waals surface area contributed by atoms with Crippen LogP contribution in [0.25, 0.3) is 0 Å². The second kappa shape index (κ2) is 8.04. The van der Waals surface area contributed by atoms with Gasteiger partial charge in [0.2, 0.25) is 5.91 Å². The predicted octanol–water partition coefficient (Wildman–Crippen LogP) is 3.13. The highest BCUT2D eigenvalue weighted by molar-refractivity contribution is 5.77. The summed E-state index contributed by atoms with van der Waals surface area (Å²) in [5.41, 5.74) is 5.99. The van der Waals surface area contributed by atoms with Gasteiger partial charge in [0.15, 0.2) is 0 Å². The summed E-state index contributed by atoms with van der Waals surface area (Å²) < 4.78 is 7.12. The minimum absolute atomic E-state index is 0.200. The molecular formula is C21H29N3O2. The monoisotopic (exact) mass is 355 g/mol. The van der Waals surface area contributed by atoms with Crippen LogP contribution in [0.3, 0.4) is 0 Å². The summed E-state index contributed by atoms with van der Waals surface area (Å²) in [5, 5.41) is 4.48. The molecule has 26 heavy (non-hydrogen) atoms. The minimum Gasteiger partial charge on any atom is -0.383 e. The van der Waals surface area contributed by atoms with E-state index in [4.69, 9.17) is 4.74 Å². The number of fused-ring (bicyclic) bond motifs is 1. The fourth-order valence-electron chi connectivity index (χ4n) is 3.93. The quantitative estimate of drug-likeness (QED) is 0.767. The number of nitrogens with zero attached hydrogens (tertiary/aromatic N) is 3. The topological polar surface area (TPSA) is 47.4 Å². The standard InChI is InChI=1S/C21H29N3O2/c1-15-20(16(2)23(3)22-15)14-24(11-12-26-4)21(25)13-18-10-9-17-7-5-6-8-19(17)18/h5-8,18H,9-14H2,1-4H3/t18-/m1/s1. The number of hydrogen-bond acceptors (Lipinski definition) is 3. The minimum atomic E-state index is 0.200. The zero-order chi connectivity index (χ0) is 18.7. The van der Waals surface area contributed by atoms with Gasteiger partial charge in [0.1, 0.15) is 0 Å². The first kappa shape index (κ1) is 18.6. The number of aromatic nitrogens is 2. The Balaban J connectivity index is 1.74. The highest BCUT2D eigenvalue weighted by Crippen LogP contribution is 2.35. The van der Waals surface area contributed by atoms with Crippen molar-refractivity contribution in [1.82, 2.24) is 14.7 Å². The largest absolute Gasteiger partial charge is 0.383 e. The smallest absolute Gasteiger partial charge is 0.223 e. The van der Waals surface area contributed by atoms with Gasteiger partial charge in [-0.1, -0.05) is 24.3 Å². The van der Waals surface area contributed by atoms with Crippen LogP contribution in [0.1, 0.15) is 46.8 Å². The molecule has 5 heteroatoms. The number of hydrogen-bond donors (Lipinski definition) is 0. The molecule has 1 aromatic carbocycles. The van der Waals surface area contributed by atoms with Crippen LogP contribution in [0.5, 0.6) is 0 Å². The summed E-state index contributed by atoms with van der Waals surface area (Å²) in [6, 6.07) is 8.52. The first-order valence-corrected chi connectivity index (χ1v) is 9.34. The summed E-state index contributed by atoms with van der Waals surface area (Å²) in [6.07, 6.45) is 2.71. The van der Waals surface area contributed by atoms with Gasteiger partial charge in [-0.15, -0.1) is 0 Å². The Morgan fingerprint density at radius 3 is 2.81 bits per heavy atom. The lowest BCUT2D eigenvalue weighted by atomic mass is 9.97. The van der Waals surface area contributed by atoms with Crippen molar-refractivity contribution >= 4 is 5.91 Å². The Hall–Kier alpha value is -2.14. The molecule has 0 saturated carbocycles. The molecule has 0 aliphatic heterocycles. The van der Waals surface area contributed by atoms with Crippen LogP contribution in [0.2, 0.25) is 0 Å². The van der Waals surface area contributed by atoms with Crippen molar-refractivity contribution < 1.29 is 9.53 Å². The van der Waals surface area contributed by atoms with Crippen LogP contribution in [-0.4, -0.2) is 40.8 Å². The molecule has 140 valence electrons. The van der Waals surface area contributed by atoms with Gasteiger partial charge >= 0.3 is 0 Å². The first-order valence-electron chi connectivity index (χ1n) is 9.34.